The van der Waals surface area contributed by atoms with Crippen LogP contribution in [0.5, 0.6) is 0 Å². The average Bonchev–Trinajstić information content (AvgIpc) is 2.88. The summed E-state index contributed by atoms with van der Waals surface area (Å²) < 4.78 is 5.28. The Kier molecular flexibility index (Phi) is 5.96. The van der Waals surface area contributed by atoms with Crippen molar-refractivity contribution in [3.05, 3.63) is 24.2 Å². The summed E-state index contributed by atoms with van der Waals surface area (Å²) in [6, 6.07) is 3.98. The summed E-state index contributed by atoms with van der Waals surface area (Å²) in [4.78, 5) is 0. The van der Waals surface area contributed by atoms with Crippen LogP contribution in [0.15, 0.2) is 22.8 Å². The summed E-state index contributed by atoms with van der Waals surface area (Å²) >= 11 is 2.12. The van der Waals surface area contributed by atoms with E-state index >= 15 is 0 Å². The van der Waals surface area contributed by atoms with Crippen molar-refractivity contribution in [3.63, 3.8) is 0 Å². The van der Waals surface area contributed by atoms with E-state index in [1.807, 2.05) is 12.1 Å². The SMILES string of the molecule is c1coc(CCNCCSC2CCNCC2)c1. The van der Waals surface area contributed by atoms with Crippen molar-refractivity contribution in [3.8, 4) is 0 Å². The number of piperidine rings is 1. The van der Waals surface area contributed by atoms with Gasteiger partial charge in [-0.05, 0) is 38.1 Å². The number of thioether (sulfide) groups is 1. The molecule has 1 aliphatic rings. The van der Waals surface area contributed by atoms with Gasteiger partial charge in [-0.1, -0.05) is 0 Å². The second-order valence-electron chi connectivity index (χ2n) is 4.40. The van der Waals surface area contributed by atoms with Crippen LogP contribution in [0, 0.1) is 0 Å². The van der Waals surface area contributed by atoms with E-state index in [2.05, 4.69) is 22.4 Å². The Labute approximate surface area is 108 Å². The molecule has 96 valence electrons. The Balaban J connectivity index is 1.43. The Morgan fingerprint density at radius 3 is 3.00 bits per heavy atom. The first-order chi connectivity index (χ1) is 8.45. The molecule has 0 radical (unpaired) electrons. The predicted molar refractivity (Wildman–Crippen MR) is 73.6 cm³/mol. The summed E-state index contributed by atoms with van der Waals surface area (Å²) in [5.74, 6) is 2.30. The highest BCUT2D eigenvalue weighted by Crippen LogP contribution is 2.19. The Morgan fingerprint density at radius 2 is 2.24 bits per heavy atom. The number of rotatable bonds is 7. The summed E-state index contributed by atoms with van der Waals surface area (Å²) in [5.41, 5.74) is 0. The van der Waals surface area contributed by atoms with Gasteiger partial charge < -0.3 is 15.1 Å². The molecule has 1 aliphatic heterocycles. The van der Waals surface area contributed by atoms with Gasteiger partial charge in [0.25, 0.3) is 0 Å². The number of furan rings is 1. The molecule has 0 spiro atoms. The first-order valence-electron chi connectivity index (χ1n) is 6.50. The second kappa shape index (κ2) is 7.80. The fourth-order valence-electron chi connectivity index (χ4n) is 2.05. The monoisotopic (exact) mass is 254 g/mol. The zero-order valence-electron chi connectivity index (χ0n) is 10.3. The molecule has 2 N–H and O–H groups in total. The third-order valence-corrected chi connectivity index (χ3v) is 4.43. The zero-order chi connectivity index (χ0) is 11.8. The molecule has 1 saturated heterocycles. The molecule has 0 aliphatic carbocycles. The topological polar surface area (TPSA) is 37.2 Å². The lowest BCUT2D eigenvalue weighted by atomic mass is 10.2. The maximum absolute atomic E-state index is 5.28. The molecule has 0 amide bonds. The van der Waals surface area contributed by atoms with Crippen molar-refractivity contribution >= 4 is 11.8 Å². The molecule has 17 heavy (non-hydrogen) atoms. The largest absolute Gasteiger partial charge is 0.469 e. The first kappa shape index (κ1) is 13.0. The smallest absolute Gasteiger partial charge is 0.105 e. The van der Waals surface area contributed by atoms with Crippen LogP contribution >= 0.6 is 11.8 Å². The van der Waals surface area contributed by atoms with Crippen molar-refractivity contribution < 1.29 is 4.42 Å². The molecule has 3 nitrogen and oxygen atoms in total. The van der Waals surface area contributed by atoms with Crippen LogP contribution in [-0.2, 0) is 6.42 Å². The second-order valence-corrected chi connectivity index (χ2v) is 5.81. The number of hydrogen-bond acceptors (Lipinski definition) is 4. The van der Waals surface area contributed by atoms with Gasteiger partial charge >= 0.3 is 0 Å². The first-order valence-corrected chi connectivity index (χ1v) is 7.55. The minimum atomic E-state index is 0.878. The van der Waals surface area contributed by atoms with E-state index in [0.29, 0.717) is 0 Å². The Hall–Kier alpha value is -0.450. The summed E-state index contributed by atoms with van der Waals surface area (Å²) in [7, 11) is 0. The molecular weight excluding hydrogens is 232 g/mol. The van der Waals surface area contributed by atoms with Gasteiger partial charge in [-0.25, -0.2) is 0 Å². The fourth-order valence-corrected chi connectivity index (χ4v) is 3.22. The van der Waals surface area contributed by atoms with E-state index in [9.17, 15) is 0 Å². The van der Waals surface area contributed by atoms with Crippen molar-refractivity contribution in [1.82, 2.24) is 10.6 Å². The van der Waals surface area contributed by atoms with E-state index in [0.717, 1.165) is 30.5 Å². The zero-order valence-corrected chi connectivity index (χ0v) is 11.1. The van der Waals surface area contributed by atoms with Crippen LogP contribution in [0.1, 0.15) is 18.6 Å². The van der Waals surface area contributed by atoms with Crippen LogP contribution < -0.4 is 10.6 Å². The maximum Gasteiger partial charge on any atom is 0.105 e. The summed E-state index contributed by atoms with van der Waals surface area (Å²) in [6.07, 6.45) is 5.39. The molecule has 4 heteroatoms. The molecule has 1 aromatic rings. The molecule has 2 rings (SSSR count). The van der Waals surface area contributed by atoms with Gasteiger partial charge in [0.15, 0.2) is 0 Å². The minimum absolute atomic E-state index is 0.878. The molecule has 0 atom stereocenters. The molecular formula is C13H22N2OS. The van der Waals surface area contributed by atoms with Gasteiger partial charge in [-0.15, -0.1) is 0 Å². The highest BCUT2D eigenvalue weighted by atomic mass is 32.2. The highest BCUT2D eigenvalue weighted by molar-refractivity contribution is 7.99. The summed E-state index contributed by atoms with van der Waals surface area (Å²) in [6.45, 7) is 4.52. The fraction of sp³-hybridized carbons (Fsp3) is 0.692. The van der Waals surface area contributed by atoms with Gasteiger partial charge in [0.2, 0.25) is 0 Å². The van der Waals surface area contributed by atoms with E-state index in [1.165, 1.54) is 31.7 Å². The van der Waals surface area contributed by atoms with Crippen LogP contribution in [-0.4, -0.2) is 37.2 Å². The van der Waals surface area contributed by atoms with E-state index in [-0.39, 0.29) is 0 Å². The molecule has 2 heterocycles. The van der Waals surface area contributed by atoms with E-state index in [1.54, 1.807) is 6.26 Å². The normalized spacial score (nSPS) is 17.4. The van der Waals surface area contributed by atoms with E-state index < -0.39 is 0 Å². The quantitative estimate of drug-likeness (QED) is 0.729. The molecule has 0 bridgehead atoms. The molecule has 0 aromatic carbocycles. The third-order valence-electron chi connectivity index (χ3n) is 3.05. The highest BCUT2D eigenvalue weighted by Gasteiger charge is 2.12. The third kappa shape index (κ3) is 5.15. The standard InChI is InChI=1S/C13H22N2OS/c1-2-12(16-10-1)3-6-15-9-11-17-13-4-7-14-8-5-13/h1-2,10,13-15H,3-9,11H2. The van der Waals surface area contributed by atoms with Crippen molar-refractivity contribution in [2.24, 2.45) is 0 Å². The average molecular weight is 254 g/mol. The van der Waals surface area contributed by atoms with Crippen LogP contribution in [0.3, 0.4) is 0 Å². The van der Waals surface area contributed by atoms with Crippen LogP contribution in [0.25, 0.3) is 0 Å². The Bertz CT molecular complexity index is 284. The van der Waals surface area contributed by atoms with Gasteiger partial charge in [-0.2, -0.15) is 11.8 Å². The molecule has 1 aromatic heterocycles. The van der Waals surface area contributed by atoms with E-state index in [4.69, 9.17) is 4.42 Å². The molecule has 1 fully saturated rings. The van der Waals surface area contributed by atoms with Gasteiger partial charge in [0, 0.05) is 30.5 Å². The van der Waals surface area contributed by atoms with Gasteiger partial charge in [-0.3, -0.25) is 0 Å². The van der Waals surface area contributed by atoms with Crippen molar-refractivity contribution in [2.45, 2.75) is 24.5 Å². The number of nitrogens with one attached hydrogen (secondary N) is 2. The minimum Gasteiger partial charge on any atom is -0.469 e. The van der Waals surface area contributed by atoms with Crippen LogP contribution in [0.4, 0.5) is 0 Å². The lowest BCUT2D eigenvalue weighted by Crippen LogP contribution is -2.30. The van der Waals surface area contributed by atoms with Crippen molar-refractivity contribution in [1.29, 1.82) is 0 Å². The van der Waals surface area contributed by atoms with Gasteiger partial charge in [0.05, 0.1) is 6.26 Å². The predicted octanol–water partition coefficient (Wildman–Crippen LogP) is 1.90. The Morgan fingerprint density at radius 1 is 1.35 bits per heavy atom. The van der Waals surface area contributed by atoms with Crippen LogP contribution in [0.2, 0.25) is 0 Å². The van der Waals surface area contributed by atoms with Crippen molar-refractivity contribution in [2.75, 3.05) is 31.9 Å². The lowest BCUT2D eigenvalue weighted by Gasteiger charge is -2.21. The summed E-state index contributed by atoms with van der Waals surface area (Å²) in [5, 5.41) is 7.75. The maximum atomic E-state index is 5.28. The number of hydrogen-bond donors (Lipinski definition) is 2. The van der Waals surface area contributed by atoms with Gasteiger partial charge in [0.1, 0.15) is 5.76 Å². The molecule has 0 unspecified atom stereocenters. The molecule has 0 saturated carbocycles. The lowest BCUT2D eigenvalue weighted by molar-refractivity contribution is 0.501.